The number of benzene rings is 1. The zero-order chi connectivity index (χ0) is 14.8. The summed E-state index contributed by atoms with van der Waals surface area (Å²) in [5.41, 5.74) is -1.25. The van der Waals surface area contributed by atoms with E-state index in [0.29, 0.717) is 5.56 Å². The Bertz CT molecular complexity index is 531. The van der Waals surface area contributed by atoms with Crippen LogP contribution in [-0.4, -0.2) is 18.0 Å². The minimum atomic E-state index is -1.00. The Hall–Kier alpha value is -1.69. The summed E-state index contributed by atoms with van der Waals surface area (Å²) in [6, 6.07) is 1.92. The average Bonchev–Trinajstić information content (AvgIpc) is 2.30. The van der Waals surface area contributed by atoms with E-state index in [9.17, 15) is 19.3 Å². The lowest BCUT2D eigenvalue weighted by molar-refractivity contribution is -0.387. The maximum atomic E-state index is 13.3. The molecule has 0 heterocycles. The zero-order valence-electron chi connectivity index (χ0n) is 10.7. The van der Waals surface area contributed by atoms with Gasteiger partial charge in [-0.3, -0.25) is 14.9 Å². The van der Waals surface area contributed by atoms with Gasteiger partial charge in [0.15, 0.2) is 0 Å². The van der Waals surface area contributed by atoms with E-state index >= 15 is 0 Å². The van der Waals surface area contributed by atoms with E-state index in [1.165, 1.54) is 7.11 Å². The molecule has 0 aromatic heterocycles. The molecule has 0 radical (unpaired) electrons. The number of methoxy groups -OCH3 is 1. The molecule has 0 aliphatic carbocycles. The second kappa shape index (κ2) is 5.52. The molecule has 1 aromatic carbocycles. The van der Waals surface area contributed by atoms with Gasteiger partial charge in [-0.15, -0.1) is 0 Å². The highest BCUT2D eigenvalue weighted by molar-refractivity contribution is 6.31. The van der Waals surface area contributed by atoms with Crippen LogP contribution < -0.4 is 0 Å². The third-order valence-electron chi connectivity index (χ3n) is 2.68. The number of rotatable bonds is 4. The zero-order valence-corrected chi connectivity index (χ0v) is 11.5. The lowest BCUT2D eigenvalue weighted by Gasteiger charge is -2.21. The summed E-state index contributed by atoms with van der Waals surface area (Å²) in [6.07, 6.45) is 0.111. The topological polar surface area (TPSA) is 69.4 Å². The number of nitro benzene ring substituents is 1. The monoisotopic (exact) mass is 289 g/mol. The number of nitro groups is 1. The number of esters is 1. The highest BCUT2D eigenvalue weighted by Gasteiger charge is 2.31. The van der Waals surface area contributed by atoms with E-state index in [-0.39, 0.29) is 11.4 Å². The van der Waals surface area contributed by atoms with Gasteiger partial charge >= 0.3 is 11.7 Å². The summed E-state index contributed by atoms with van der Waals surface area (Å²) < 4.78 is 18.0. The summed E-state index contributed by atoms with van der Waals surface area (Å²) in [6.45, 7) is 3.23. The van der Waals surface area contributed by atoms with Gasteiger partial charge in [0.2, 0.25) is 5.82 Å². The van der Waals surface area contributed by atoms with E-state index in [2.05, 4.69) is 4.74 Å². The first-order valence-corrected chi connectivity index (χ1v) is 5.77. The van der Waals surface area contributed by atoms with Gasteiger partial charge in [-0.2, -0.15) is 4.39 Å². The Morgan fingerprint density at radius 2 is 2.11 bits per heavy atom. The number of carbonyl (C=O) groups is 1. The third-order valence-corrected chi connectivity index (χ3v) is 3.03. The fraction of sp³-hybridized carbons (Fsp3) is 0.417. The minimum absolute atomic E-state index is 0.0417. The van der Waals surface area contributed by atoms with Crippen LogP contribution in [0.15, 0.2) is 12.1 Å². The number of hydrogen-bond donors (Lipinski definition) is 0. The van der Waals surface area contributed by atoms with E-state index in [4.69, 9.17) is 11.6 Å². The van der Waals surface area contributed by atoms with Crippen LogP contribution in [0.25, 0.3) is 0 Å². The molecule has 0 saturated heterocycles. The number of ether oxygens (including phenoxy) is 1. The first-order chi connectivity index (χ1) is 8.69. The molecule has 5 nitrogen and oxygen atoms in total. The van der Waals surface area contributed by atoms with Crippen molar-refractivity contribution >= 4 is 23.3 Å². The Labute approximate surface area is 114 Å². The van der Waals surface area contributed by atoms with Crippen LogP contribution in [-0.2, 0) is 16.0 Å². The molecule has 0 N–H and O–H groups in total. The molecular formula is C12H13ClFNO4. The molecule has 0 unspecified atom stereocenters. The van der Waals surface area contributed by atoms with Crippen molar-refractivity contribution in [3.05, 3.63) is 38.7 Å². The van der Waals surface area contributed by atoms with E-state index in [0.717, 1.165) is 12.1 Å². The van der Waals surface area contributed by atoms with Gasteiger partial charge in [-0.1, -0.05) is 11.6 Å². The summed E-state index contributed by atoms with van der Waals surface area (Å²) in [5.74, 6) is -1.48. The van der Waals surface area contributed by atoms with Gasteiger partial charge in [0.25, 0.3) is 0 Å². The van der Waals surface area contributed by atoms with Crippen LogP contribution in [0.2, 0.25) is 5.02 Å². The quantitative estimate of drug-likeness (QED) is 0.485. The Balaban J connectivity index is 3.18. The molecule has 7 heteroatoms. The van der Waals surface area contributed by atoms with Crippen LogP contribution in [0.1, 0.15) is 19.4 Å². The van der Waals surface area contributed by atoms with E-state index < -0.39 is 27.8 Å². The number of halogens is 2. The molecule has 0 saturated carbocycles. The molecule has 0 fully saturated rings. The number of hydrogen-bond acceptors (Lipinski definition) is 4. The van der Waals surface area contributed by atoms with Crippen molar-refractivity contribution in [2.75, 3.05) is 7.11 Å². The standard InChI is InChI=1S/C12H13ClFNO4/c1-12(2,11(16)19-3)6-7-4-10(15(17)18)9(14)5-8(7)13/h4-5H,6H2,1-3H3. The molecule has 0 aliphatic rings. The van der Waals surface area contributed by atoms with Crippen LogP contribution in [0.4, 0.5) is 10.1 Å². The van der Waals surface area contributed by atoms with Crippen LogP contribution >= 0.6 is 11.6 Å². The predicted molar refractivity (Wildman–Crippen MR) is 67.6 cm³/mol. The Morgan fingerprint density at radius 3 is 2.58 bits per heavy atom. The SMILES string of the molecule is COC(=O)C(C)(C)Cc1cc([N+](=O)[O-])c(F)cc1Cl. The predicted octanol–water partition coefficient (Wildman–Crippen LogP) is 3.13. The van der Waals surface area contributed by atoms with Gasteiger partial charge in [-0.05, 0) is 31.9 Å². The second-order valence-electron chi connectivity index (χ2n) is 4.70. The van der Waals surface area contributed by atoms with Gasteiger partial charge in [0.1, 0.15) is 0 Å². The fourth-order valence-corrected chi connectivity index (χ4v) is 1.90. The highest BCUT2D eigenvalue weighted by Crippen LogP contribution is 2.31. The molecular weight excluding hydrogens is 277 g/mol. The van der Waals surface area contributed by atoms with E-state index in [1.807, 2.05) is 0 Å². The lowest BCUT2D eigenvalue weighted by atomic mass is 9.85. The lowest BCUT2D eigenvalue weighted by Crippen LogP contribution is -2.28. The number of nitrogens with zero attached hydrogens (tertiary/aromatic N) is 1. The summed E-state index contributed by atoms with van der Waals surface area (Å²) in [5, 5.41) is 10.7. The van der Waals surface area contributed by atoms with Gasteiger partial charge in [0, 0.05) is 11.1 Å². The maximum absolute atomic E-state index is 13.3. The molecule has 0 aliphatic heterocycles. The van der Waals surface area contributed by atoms with Gasteiger partial charge in [0.05, 0.1) is 17.4 Å². The van der Waals surface area contributed by atoms with Crippen molar-refractivity contribution in [1.82, 2.24) is 0 Å². The van der Waals surface area contributed by atoms with Gasteiger partial charge in [-0.25, -0.2) is 0 Å². The van der Waals surface area contributed by atoms with Crippen molar-refractivity contribution in [2.45, 2.75) is 20.3 Å². The normalized spacial score (nSPS) is 11.2. The largest absolute Gasteiger partial charge is 0.469 e. The van der Waals surface area contributed by atoms with Crippen molar-refractivity contribution < 1.29 is 18.8 Å². The second-order valence-corrected chi connectivity index (χ2v) is 5.11. The summed E-state index contributed by atoms with van der Waals surface area (Å²) in [4.78, 5) is 21.4. The van der Waals surface area contributed by atoms with Crippen LogP contribution in [0.3, 0.4) is 0 Å². The molecule has 0 amide bonds. The first kappa shape index (κ1) is 15.4. The molecule has 0 bridgehead atoms. The molecule has 104 valence electrons. The maximum Gasteiger partial charge on any atom is 0.311 e. The highest BCUT2D eigenvalue weighted by atomic mass is 35.5. The van der Waals surface area contributed by atoms with Gasteiger partial charge < -0.3 is 4.74 Å². The molecule has 0 spiro atoms. The summed E-state index contributed by atoms with van der Waals surface area (Å²) >= 11 is 5.85. The molecule has 19 heavy (non-hydrogen) atoms. The Morgan fingerprint density at radius 1 is 1.53 bits per heavy atom. The van der Waals surface area contributed by atoms with E-state index in [1.54, 1.807) is 13.8 Å². The minimum Gasteiger partial charge on any atom is -0.469 e. The average molecular weight is 290 g/mol. The summed E-state index contributed by atoms with van der Waals surface area (Å²) in [7, 11) is 1.25. The van der Waals surface area contributed by atoms with Crippen LogP contribution in [0, 0.1) is 21.3 Å². The molecule has 1 aromatic rings. The first-order valence-electron chi connectivity index (χ1n) is 5.40. The van der Waals surface area contributed by atoms with Crippen LogP contribution in [0.5, 0.6) is 0 Å². The number of carbonyl (C=O) groups excluding carboxylic acids is 1. The Kier molecular flexibility index (Phi) is 4.47. The molecule has 1 rings (SSSR count). The third kappa shape index (κ3) is 3.41. The van der Waals surface area contributed by atoms with Crippen molar-refractivity contribution in [2.24, 2.45) is 5.41 Å². The van der Waals surface area contributed by atoms with Crippen molar-refractivity contribution in [3.8, 4) is 0 Å². The molecule has 0 atom stereocenters. The fourth-order valence-electron chi connectivity index (χ4n) is 1.68. The van der Waals surface area contributed by atoms with Crippen molar-refractivity contribution in [3.63, 3.8) is 0 Å². The smallest absolute Gasteiger partial charge is 0.311 e. The van der Waals surface area contributed by atoms with Crippen molar-refractivity contribution in [1.29, 1.82) is 0 Å².